The molecule has 0 atom stereocenters. The summed E-state index contributed by atoms with van der Waals surface area (Å²) in [5, 5.41) is 7.38. The monoisotopic (exact) mass is 314 g/mol. The third-order valence-electron chi connectivity index (χ3n) is 4.26. The van der Waals surface area contributed by atoms with Crippen molar-refractivity contribution in [2.24, 2.45) is 0 Å². The Morgan fingerprint density at radius 3 is 2.70 bits per heavy atom. The van der Waals surface area contributed by atoms with Crippen molar-refractivity contribution in [1.82, 2.24) is 14.8 Å². The van der Waals surface area contributed by atoms with Gasteiger partial charge in [-0.3, -0.25) is 14.5 Å². The predicted molar refractivity (Wildman–Crippen MR) is 87.7 cm³/mol. The molecule has 3 rings (SSSR count). The van der Waals surface area contributed by atoms with E-state index in [2.05, 4.69) is 15.4 Å². The van der Waals surface area contributed by atoms with Crippen LogP contribution >= 0.6 is 0 Å². The van der Waals surface area contributed by atoms with Gasteiger partial charge in [0.1, 0.15) is 5.69 Å². The van der Waals surface area contributed by atoms with Gasteiger partial charge in [-0.25, -0.2) is 0 Å². The summed E-state index contributed by atoms with van der Waals surface area (Å²) < 4.78 is 7.39. The number of hydrogen-bond donors (Lipinski definition) is 1. The highest BCUT2D eigenvalue weighted by Crippen LogP contribution is 2.25. The van der Waals surface area contributed by atoms with Crippen LogP contribution in [0.25, 0.3) is 0 Å². The van der Waals surface area contributed by atoms with Gasteiger partial charge in [0.2, 0.25) is 0 Å². The van der Waals surface area contributed by atoms with Gasteiger partial charge in [-0.2, -0.15) is 5.10 Å². The first kappa shape index (κ1) is 15.7. The number of ether oxygens (including phenoxy) is 1. The van der Waals surface area contributed by atoms with Crippen molar-refractivity contribution in [2.75, 3.05) is 18.5 Å². The molecule has 1 aliphatic rings. The van der Waals surface area contributed by atoms with Crippen molar-refractivity contribution in [1.29, 1.82) is 0 Å². The lowest BCUT2D eigenvalue weighted by atomic mass is 10.1. The van der Waals surface area contributed by atoms with E-state index in [9.17, 15) is 4.79 Å². The van der Waals surface area contributed by atoms with E-state index < -0.39 is 0 Å². The van der Waals surface area contributed by atoms with Gasteiger partial charge in [0.15, 0.2) is 0 Å². The average molecular weight is 314 g/mol. The van der Waals surface area contributed by atoms with Crippen LogP contribution in [0.1, 0.15) is 46.2 Å². The van der Waals surface area contributed by atoms with Crippen LogP contribution in [0.5, 0.6) is 0 Å². The maximum atomic E-state index is 12.5. The Labute approximate surface area is 135 Å². The molecule has 1 aliphatic heterocycles. The highest BCUT2D eigenvalue weighted by atomic mass is 16.5. The number of carbonyl (C=O) groups excluding carboxylic acids is 1. The summed E-state index contributed by atoms with van der Waals surface area (Å²) in [6, 6.07) is 2.30. The lowest BCUT2D eigenvalue weighted by Crippen LogP contribution is -2.21. The van der Waals surface area contributed by atoms with Crippen LogP contribution in [0.3, 0.4) is 0 Å². The van der Waals surface area contributed by atoms with Gasteiger partial charge in [-0.05, 0) is 44.7 Å². The standard InChI is InChI=1S/C17H22N4O2/c1-11-8-12(2)16(18-9-11)17(22)20-15-10-19-21(13(15)3)14-4-6-23-7-5-14/h8-10,14H,4-7H2,1-3H3,(H,20,22). The number of carbonyl (C=O) groups is 1. The van der Waals surface area contributed by atoms with Crippen molar-refractivity contribution in [3.63, 3.8) is 0 Å². The summed E-state index contributed by atoms with van der Waals surface area (Å²) in [5.41, 5.74) is 4.08. The summed E-state index contributed by atoms with van der Waals surface area (Å²) in [4.78, 5) is 16.7. The van der Waals surface area contributed by atoms with Crippen LogP contribution in [0.4, 0.5) is 5.69 Å². The van der Waals surface area contributed by atoms with Crippen LogP contribution in [0, 0.1) is 20.8 Å². The lowest BCUT2D eigenvalue weighted by Gasteiger charge is -2.23. The fourth-order valence-corrected chi connectivity index (χ4v) is 2.98. The fraction of sp³-hybridized carbons (Fsp3) is 0.471. The smallest absolute Gasteiger partial charge is 0.274 e. The van der Waals surface area contributed by atoms with E-state index in [1.54, 1.807) is 12.4 Å². The first-order valence-corrected chi connectivity index (χ1v) is 7.92. The lowest BCUT2D eigenvalue weighted by molar-refractivity contribution is 0.0657. The second-order valence-corrected chi connectivity index (χ2v) is 6.06. The molecule has 0 saturated carbocycles. The number of pyridine rings is 1. The maximum absolute atomic E-state index is 12.5. The number of nitrogens with zero attached hydrogens (tertiary/aromatic N) is 3. The molecule has 1 amide bonds. The molecule has 1 fully saturated rings. The Balaban J connectivity index is 1.77. The van der Waals surface area contributed by atoms with Gasteiger partial charge in [0, 0.05) is 19.4 Å². The Bertz CT molecular complexity index is 717. The molecular formula is C17H22N4O2. The molecule has 2 aromatic heterocycles. The number of nitrogens with one attached hydrogen (secondary N) is 1. The number of hydrogen-bond acceptors (Lipinski definition) is 4. The second-order valence-electron chi connectivity index (χ2n) is 6.06. The van der Waals surface area contributed by atoms with Gasteiger partial charge in [0.25, 0.3) is 5.91 Å². The number of rotatable bonds is 3. The molecule has 0 spiro atoms. The Morgan fingerprint density at radius 2 is 2.00 bits per heavy atom. The van der Waals surface area contributed by atoms with E-state index in [-0.39, 0.29) is 5.91 Å². The van der Waals surface area contributed by atoms with E-state index >= 15 is 0 Å². The predicted octanol–water partition coefficient (Wildman–Crippen LogP) is 2.81. The summed E-state index contributed by atoms with van der Waals surface area (Å²) in [5.74, 6) is -0.197. The Kier molecular flexibility index (Phi) is 4.43. The number of amides is 1. The minimum absolute atomic E-state index is 0.197. The van der Waals surface area contributed by atoms with E-state index in [0.717, 1.165) is 48.6 Å². The SMILES string of the molecule is Cc1cnc(C(=O)Nc2cnn(C3CCOCC3)c2C)c(C)c1. The maximum Gasteiger partial charge on any atom is 0.274 e. The minimum atomic E-state index is -0.197. The summed E-state index contributed by atoms with van der Waals surface area (Å²) >= 11 is 0. The summed E-state index contributed by atoms with van der Waals surface area (Å²) in [6.45, 7) is 7.36. The Hall–Kier alpha value is -2.21. The molecule has 0 bridgehead atoms. The highest BCUT2D eigenvalue weighted by molar-refractivity contribution is 6.04. The molecule has 2 aromatic rings. The fourth-order valence-electron chi connectivity index (χ4n) is 2.98. The highest BCUT2D eigenvalue weighted by Gasteiger charge is 2.20. The molecule has 0 radical (unpaired) electrons. The van der Waals surface area contributed by atoms with Gasteiger partial charge in [-0.1, -0.05) is 6.07 Å². The van der Waals surface area contributed by atoms with Crippen LogP contribution in [0.15, 0.2) is 18.5 Å². The molecule has 0 aromatic carbocycles. The molecule has 0 aliphatic carbocycles. The molecule has 0 unspecified atom stereocenters. The van der Waals surface area contributed by atoms with E-state index in [0.29, 0.717) is 11.7 Å². The quantitative estimate of drug-likeness (QED) is 0.946. The van der Waals surface area contributed by atoms with Crippen molar-refractivity contribution in [2.45, 2.75) is 39.7 Å². The van der Waals surface area contributed by atoms with Crippen LogP contribution in [-0.2, 0) is 4.74 Å². The molecular weight excluding hydrogens is 292 g/mol. The second kappa shape index (κ2) is 6.50. The van der Waals surface area contributed by atoms with Gasteiger partial charge in [-0.15, -0.1) is 0 Å². The number of aromatic nitrogens is 3. The zero-order valence-electron chi connectivity index (χ0n) is 13.8. The summed E-state index contributed by atoms with van der Waals surface area (Å²) in [6.07, 6.45) is 5.33. The van der Waals surface area contributed by atoms with Gasteiger partial charge >= 0.3 is 0 Å². The van der Waals surface area contributed by atoms with Crippen molar-refractivity contribution in [3.8, 4) is 0 Å². The first-order chi connectivity index (χ1) is 11.1. The van der Waals surface area contributed by atoms with Crippen molar-refractivity contribution < 1.29 is 9.53 Å². The largest absolute Gasteiger partial charge is 0.381 e. The third kappa shape index (κ3) is 3.27. The zero-order valence-corrected chi connectivity index (χ0v) is 13.8. The van der Waals surface area contributed by atoms with Gasteiger partial charge < -0.3 is 10.1 Å². The van der Waals surface area contributed by atoms with Crippen LogP contribution < -0.4 is 5.32 Å². The van der Waals surface area contributed by atoms with Crippen molar-refractivity contribution >= 4 is 11.6 Å². The molecule has 122 valence electrons. The van der Waals surface area contributed by atoms with E-state index in [4.69, 9.17) is 4.74 Å². The first-order valence-electron chi connectivity index (χ1n) is 7.92. The van der Waals surface area contributed by atoms with Crippen molar-refractivity contribution in [3.05, 3.63) is 41.0 Å². The minimum Gasteiger partial charge on any atom is -0.381 e. The Morgan fingerprint density at radius 1 is 1.26 bits per heavy atom. The third-order valence-corrected chi connectivity index (χ3v) is 4.26. The van der Waals surface area contributed by atoms with Crippen LogP contribution in [-0.4, -0.2) is 33.9 Å². The van der Waals surface area contributed by atoms with Crippen LogP contribution in [0.2, 0.25) is 0 Å². The molecule has 6 nitrogen and oxygen atoms in total. The van der Waals surface area contributed by atoms with E-state index in [1.165, 1.54) is 0 Å². The molecule has 3 heterocycles. The average Bonchev–Trinajstić information content (AvgIpc) is 2.89. The molecule has 6 heteroatoms. The van der Waals surface area contributed by atoms with Gasteiger partial charge in [0.05, 0.1) is 23.6 Å². The summed E-state index contributed by atoms with van der Waals surface area (Å²) in [7, 11) is 0. The molecule has 1 N–H and O–H groups in total. The topological polar surface area (TPSA) is 69.0 Å². The normalized spacial score (nSPS) is 15.6. The van der Waals surface area contributed by atoms with E-state index in [1.807, 2.05) is 31.5 Å². The molecule has 1 saturated heterocycles. The zero-order chi connectivity index (χ0) is 16.4. The molecule has 23 heavy (non-hydrogen) atoms. The number of aryl methyl sites for hydroxylation is 2. The number of anilines is 1.